The fourth-order valence-electron chi connectivity index (χ4n) is 2.97. The van der Waals surface area contributed by atoms with Gasteiger partial charge in [-0.25, -0.2) is 18.7 Å². The summed E-state index contributed by atoms with van der Waals surface area (Å²) in [6.45, 7) is 4.36. The molecule has 2 heterocycles. The predicted molar refractivity (Wildman–Crippen MR) is 87.4 cm³/mol. The minimum Gasteiger partial charge on any atom is -0.458 e. The van der Waals surface area contributed by atoms with E-state index in [1.54, 1.807) is 0 Å². The van der Waals surface area contributed by atoms with E-state index in [0.717, 1.165) is 29.9 Å². The first-order chi connectivity index (χ1) is 11.9. The zero-order chi connectivity index (χ0) is 18.0. The van der Waals surface area contributed by atoms with Crippen LogP contribution < -0.4 is 4.74 Å². The Balaban J connectivity index is 1.73. The molecule has 1 amide bonds. The van der Waals surface area contributed by atoms with E-state index in [1.165, 1.54) is 11.0 Å². The van der Waals surface area contributed by atoms with Gasteiger partial charge in [-0.1, -0.05) is 6.07 Å². The molecule has 132 valence electrons. The molecular formula is C18H19F2N3O2. The fourth-order valence-corrected chi connectivity index (χ4v) is 2.97. The van der Waals surface area contributed by atoms with Crippen molar-refractivity contribution in [1.29, 1.82) is 0 Å². The zero-order valence-electron chi connectivity index (χ0n) is 14.1. The topological polar surface area (TPSA) is 55.3 Å². The Labute approximate surface area is 144 Å². The SMILES string of the molecule is Cc1cc(C)nc(O[C@@H]2CCCN(C(=O)c3c(F)cccc3F)C2)n1. The van der Waals surface area contributed by atoms with Gasteiger partial charge in [0.15, 0.2) is 0 Å². The van der Waals surface area contributed by atoms with E-state index < -0.39 is 23.1 Å². The fraction of sp³-hybridized carbons (Fsp3) is 0.389. The Morgan fingerprint density at radius 3 is 2.48 bits per heavy atom. The van der Waals surface area contributed by atoms with Gasteiger partial charge in [0.05, 0.1) is 6.54 Å². The van der Waals surface area contributed by atoms with Crippen molar-refractivity contribution >= 4 is 5.91 Å². The summed E-state index contributed by atoms with van der Waals surface area (Å²) in [7, 11) is 0. The van der Waals surface area contributed by atoms with E-state index in [1.807, 2.05) is 19.9 Å². The number of aryl methyl sites for hydroxylation is 2. The third kappa shape index (κ3) is 3.92. The zero-order valence-corrected chi connectivity index (χ0v) is 14.1. The summed E-state index contributed by atoms with van der Waals surface area (Å²) >= 11 is 0. The Morgan fingerprint density at radius 1 is 1.20 bits per heavy atom. The molecule has 0 radical (unpaired) electrons. The molecule has 1 atom stereocenters. The van der Waals surface area contributed by atoms with Gasteiger partial charge in [-0.2, -0.15) is 0 Å². The molecule has 0 bridgehead atoms. The second-order valence-electron chi connectivity index (χ2n) is 6.16. The first-order valence-corrected chi connectivity index (χ1v) is 8.16. The summed E-state index contributed by atoms with van der Waals surface area (Å²) in [5, 5.41) is 0. The summed E-state index contributed by atoms with van der Waals surface area (Å²) in [4.78, 5) is 22.4. The van der Waals surface area contributed by atoms with Crippen molar-refractivity contribution in [2.75, 3.05) is 13.1 Å². The lowest BCUT2D eigenvalue weighted by atomic mass is 10.1. The van der Waals surface area contributed by atoms with E-state index in [9.17, 15) is 13.6 Å². The monoisotopic (exact) mass is 347 g/mol. The molecule has 1 aromatic heterocycles. The molecular weight excluding hydrogens is 328 g/mol. The van der Waals surface area contributed by atoms with Crippen molar-refractivity contribution in [1.82, 2.24) is 14.9 Å². The van der Waals surface area contributed by atoms with Crippen molar-refractivity contribution < 1.29 is 18.3 Å². The molecule has 1 fully saturated rings. The second kappa shape index (κ2) is 7.13. The van der Waals surface area contributed by atoms with E-state index >= 15 is 0 Å². The van der Waals surface area contributed by atoms with E-state index in [-0.39, 0.29) is 18.7 Å². The molecule has 1 saturated heterocycles. The number of hydrogen-bond acceptors (Lipinski definition) is 4. The van der Waals surface area contributed by atoms with Gasteiger partial charge in [-0.15, -0.1) is 0 Å². The Hall–Kier alpha value is -2.57. The minimum absolute atomic E-state index is 0.239. The van der Waals surface area contributed by atoms with Crippen LogP contribution in [0.5, 0.6) is 6.01 Å². The van der Waals surface area contributed by atoms with Gasteiger partial charge in [0, 0.05) is 17.9 Å². The smallest absolute Gasteiger partial charge is 0.317 e. The molecule has 7 heteroatoms. The highest BCUT2D eigenvalue weighted by Gasteiger charge is 2.29. The van der Waals surface area contributed by atoms with Crippen molar-refractivity contribution in [2.45, 2.75) is 32.8 Å². The van der Waals surface area contributed by atoms with Gasteiger partial charge in [0.2, 0.25) is 0 Å². The molecule has 0 spiro atoms. The number of amides is 1. The van der Waals surface area contributed by atoms with Crippen molar-refractivity contribution in [3.8, 4) is 6.01 Å². The van der Waals surface area contributed by atoms with Gasteiger partial charge in [0.1, 0.15) is 23.3 Å². The quantitative estimate of drug-likeness (QED) is 0.856. The van der Waals surface area contributed by atoms with Crippen LogP contribution in [-0.4, -0.2) is 40.0 Å². The van der Waals surface area contributed by atoms with Gasteiger partial charge < -0.3 is 9.64 Å². The van der Waals surface area contributed by atoms with Crippen LogP contribution in [0.4, 0.5) is 8.78 Å². The maximum absolute atomic E-state index is 13.8. The predicted octanol–water partition coefficient (Wildman–Crippen LogP) is 3.06. The highest BCUT2D eigenvalue weighted by atomic mass is 19.1. The van der Waals surface area contributed by atoms with Crippen LogP contribution in [0.3, 0.4) is 0 Å². The van der Waals surface area contributed by atoms with Crippen LogP contribution in [0, 0.1) is 25.5 Å². The maximum atomic E-state index is 13.8. The number of carbonyl (C=O) groups is 1. The van der Waals surface area contributed by atoms with Crippen molar-refractivity contribution in [3.63, 3.8) is 0 Å². The second-order valence-corrected chi connectivity index (χ2v) is 6.16. The average molecular weight is 347 g/mol. The molecule has 0 saturated carbocycles. The Bertz CT molecular complexity index is 757. The molecule has 1 aromatic carbocycles. The number of nitrogens with zero attached hydrogens (tertiary/aromatic N) is 3. The van der Waals surface area contributed by atoms with Gasteiger partial charge >= 0.3 is 6.01 Å². The number of rotatable bonds is 3. The van der Waals surface area contributed by atoms with Crippen LogP contribution in [0.2, 0.25) is 0 Å². The summed E-state index contributed by atoms with van der Waals surface area (Å²) in [6, 6.07) is 5.50. The number of carbonyl (C=O) groups excluding carboxylic acids is 1. The van der Waals surface area contributed by atoms with Gasteiger partial charge in [-0.05, 0) is 44.9 Å². The number of hydrogen-bond donors (Lipinski definition) is 0. The third-order valence-electron chi connectivity index (χ3n) is 4.08. The van der Waals surface area contributed by atoms with E-state index in [0.29, 0.717) is 13.0 Å². The summed E-state index contributed by atoms with van der Waals surface area (Å²) < 4.78 is 33.5. The highest BCUT2D eigenvalue weighted by Crippen LogP contribution is 2.20. The summed E-state index contributed by atoms with van der Waals surface area (Å²) in [6.07, 6.45) is 1.09. The molecule has 0 aliphatic carbocycles. The lowest BCUT2D eigenvalue weighted by Crippen LogP contribution is -2.45. The third-order valence-corrected chi connectivity index (χ3v) is 4.08. The first kappa shape index (κ1) is 17.3. The molecule has 3 rings (SSSR count). The number of aromatic nitrogens is 2. The molecule has 1 aliphatic heterocycles. The number of ether oxygens (including phenoxy) is 1. The highest BCUT2D eigenvalue weighted by molar-refractivity contribution is 5.94. The Kier molecular flexibility index (Phi) is 4.92. The minimum atomic E-state index is -0.856. The summed E-state index contributed by atoms with van der Waals surface area (Å²) in [5.41, 5.74) is 1.06. The van der Waals surface area contributed by atoms with Crippen LogP contribution >= 0.6 is 0 Å². The van der Waals surface area contributed by atoms with E-state index in [4.69, 9.17) is 4.74 Å². The molecule has 2 aromatic rings. The largest absolute Gasteiger partial charge is 0.458 e. The van der Waals surface area contributed by atoms with Crippen LogP contribution in [0.15, 0.2) is 24.3 Å². The first-order valence-electron chi connectivity index (χ1n) is 8.16. The van der Waals surface area contributed by atoms with Crippen LogP contribution in [-0.2, 0) is 0 Å². The van der Waals surface area contributed by atoms with Crippen molar-refractivity contribution in [3.05, 3.63) is 52.9 Å². The number of halogens is 2. The molecule has 1 aliphatic rings. The maximum Gasteiger partial charge on any atom is 0.317 e. The van der Waals surface area contributed by atoms with Crippen molar-refractivity contribution in [2.24, 2.45) is 0 Å². The number of benzene rings is 1. The standard InChI is InChI=1S/C18H19F2N3O2/c1-11-9-12(2)22-18(21-11)25-13-5-4-8-23(10-13)17(24)16-14(19)6-3-7-15(16)20/h3,6-7,9,13H,4-5,8,10H2,1-2H3/t13-/m1/s1. The van der Waals surface area contributed by atoms with Crippen LogP contribution in [0.25, 0.3) is 0 Å². The Morgan fingerprint density at radius 2 is 1.84 bits per heavy atom. The lowest BCUT2D eigenvalue weighted by Gasteiger charge is -2.32. The number of piperidine rings is 1. The van der Waals surface area contributed by atoms with Gasteiger partial charge in [-0.3, -0.25) is 4.79 Å². The lowest BCUT2D eigenvalue weighted by molar-refractivity contribution is 0.0506. The average Bonchev–Trinajstić information content (AvgIpc) is 2.54. The van der Waals surface area contributed by atoms with E-state index in [2.05, 4.69) is 9.97 Å². The normalized spacial score (nSPS) is 17.4. The molecule has 25 heavy (non-hydrogen) atoms. The molecule has 0 unspecified atom stereocenters. The number of likely N-dealkylation sites (tertiary alicyclic amines) is 1. The summed E-state index contributed by atoms with van der Waals surface area (Å²) in [5.74, 6) is -2.37. The van der Waals surface area contributed by atoms with Crippen LogP contribution in [0.1, 0.15) is 34.6 Å². The molecule has 5 nitrogen and oxygen atoms in total. The van der Waals surface area contributed by atoms with Gasteiger partial charge in [0.25, 0.3) is 5.91 Å². The molecule has 0 N–H and O–H groups in total.